The molecule has 204 valence electrons. The average Bonchev–Trinajstić information content (AvgIpc) is 3.75. The fourth-order valence-corrected chi connectivity index (χ4v) is 4.77. The maximum atomic E-state index is 13.3. The smallest absolute Gasteiger partial charge is 0.257 e. The third-order valence-electron chi connectivity index (χ3n) is 7.09. The number of nitrogens with zero attached hydrogens (tertiary/aromatic N) is 6. The Balaban J connectivity index is 1.35. The van der Waals surface area contributed by atoms with Gasteiger partial charge in [0.25, 0.3) is 5.91 Å². The van der Waals surface area contributed by atoms with Gasteiger partial charge in [-0.25, -0.2) is 4.98 Å². The van der Waals surface area contributed by atoms with Crippen molar-refractivity contribution in [2.24, 2.45) is 10.9 Å². The second kappa shape index (κ2) is 10.9. The molecule has 11 nitrogen and oxygen atoms in total. The molecule has 0 atom stereocenters. The van der Waals surface area contributed by atoms with Crippen molar-refractivity contribution >= 4 is 34.2 Å². The summed E-state index contributed by atoms with van der Waals surface area (Å²) in [6.45, 7) is 6.51. The number of ether oxygens (including phenoxy) is 1. The highest BCUT2D eigenvalue weighted by molar-refractivity contribution is 6.14. The Bertz CT molecular complexity index is 1620. The van der Waals surface area contributed by atoms with Crippen LogP contribution >= 0.6 is 0 Å². The Hall–Kier alpha value is -4.51. The third kappa shape index (κ3) is 5.20. The van der Waals surface area contributed by atoms with E-state index < -0.39 is 0 Å². The number of aryl methyl sites for hydroxylation is 1. The maximum Gasteiger partial charge on any atom is 0.257 e. The van der Waals surface area contributed by atoms with E-state index in [1.54, 1.807) is 35.9 Å². The van der Waals surface area contributed by atoms with Gasteiger partial charge in [-0.2, -0.15) is 0 Å². The Kier molecular flexibility index (Phi) is 7.04. The lowest BCUT2D eigenvalue weighted by Crippen LogP contribution is -2.40. The van der Waals surface area contributed by atoms with Crippen molar-refractivity contribution in [3.8, 4) is 11.1 Å². The van der Waals surface area contributed by atoms with Crippen molar-refractivity contribution in [2.75, 3.05) is 38.2 Å². The number of amides is 2. The quantitative estimate of drug-likeness (QED) is 0.344. The summed E-state index contributed by atoms with van der Waals surface area (Å²) >= 11 is 0. The lowest BCUT2D eigenvalue weighted by Gasteiger charge is -2.26. The van der Waals surface area contributed by atoms with Gasteiger partial charge in [-0.15, -0.1) is 0 Å². The summed E-state index contributed by atoms with van der Waals surface area (Å²) in [5, 5.41) is 2.96. The first-order valence-electron chi connectivity index (χ1n) is 13.5. The first-order chi connectivity index (χ1) is 19.5. The predicted molar refractivity (Wildman–Crippen MR) is 150 cm³/mol. The largest absolute Gasteiger partial charge is 0.378 e. The van der Waals surface area contributed by atoms with Gasteiger partial charge in [-0.3, -0.25) is 29.5 Å². The number of carbonyl (C=O) groups is 2. The summed E-state index contributed by atoms with van der Waals surface area (Å²) in [5.74, 6) is 0.554. The lowest BCUT2D eigenvalue weighted by molar-refractivity contribution is -0.117. The number of H-pyrrole nitrogens is 1. The molecule has 1 aliphatic heterocycles. The summed E-state index contributed by atoms with van der Waals surface area (Å²) < 4.78 is 5.40. The van der Waals surface area contributed by atoms with Crippen molar-refractivity contribution in [3.63, 3.8) is 0 Å². The molecule has 2 fully saturated rings. The second-order valence-corrected chi connectivity index (χ2v) is 9.98. The maximum absolute atomic E-state index is 13.3. The van der Waals surface area contributed by atoms with E-state index >= 15 is 0 Å². The van der Waals surface area contributed by atoms with E-state index in [1.807, 2.05) is 26.0 Å². The number of rotatable bonds is 7. The number of fused-ring (bicyclic) bond motifs is 1. The number of hydrogen-bond donors (Lipinski definition) is 2. The van der Waals surface area contributed by atoms with Crippen LogP contribution in [-0.4, -0.2) is 80.2 Å². The number of aliphatic imine (C=N–C) groups is 1. The van der Waals surface area contributed by atoms with E-state index in [0.29, 0.717) is 66.7 Å². The fourth-order valence-electron chi connectivity index (χ4n) is 4.77. The minimum absolute atomic E-state index is 0.0323. The minimum atomic E-state index is -0.116. The van der Waals surface area contributed by atoms with Gasteiger partial charge in [0.15, 0.2) is 5.82 Å². The van der Waals surface area contributed by atoms with Crippen molar-refractivity contribution in [1.82, 2.24) is 29.8 Å². The number of hydrogen-bond acceptors (Lipinski definition) is 8. The summed E-state index contributed by atoms with van der Waals surface area (Å²) in [7, 11) is 0. The van der Waals surface area contributed by atoms with E-state index in [-0.39, 0.29) is 17.7 Å². The number of aromatic nitrogens is 5. The van der Waals surface area contributed by atoms with Crippen LogP contribution in [0.25, 0.3) is 22.2 Å². The summed E-state index contributed by atoms with van der Waals surface area (Å²) in [6, 6.07) is 3.90. The molecule has 4 aromatic rings. The predicted octanol–water partition coefficient (Wildman–Crippen LogP) is 3.40. The monoisotopic (exact) mass is 538 g/mol. The van der Waals surface area contributed by atoms with Crippen LogP contribution < -0.4 is 5.32 Å². The number of aromatic amines is 1. The summed E-state index contributed by atoms with van der Waals surface area (Å²) in [6.07, 6.45) is 10.3. The zero-order valence-corrected chi connectivity index (χ0v) is 22.5. The zero-order chi connectivity index (χ0) is 27.6. The first-order valence-corrected chi connectivity index (χ1v) is 13.5. The number of imidazole rings is 1. The Morgan fingerprint density at radius 2 is 1.82 bits per heavy atom. The van der Waals surface area contributed by atoms with E-state index in [9.17, 15) is 9.59 Å². The molecule has 4 aromatic heterocycles. The Morgan fingerprint density at radius 3 is 2.60 bits per heavy atom. The van der Waals surface area contributed by atoms with Gasteiger partial charge in [-0.05, 0) is 38.8 Å². The molecule has 2 N–H and O–H groups in total. The standard InChI is InChI=1S/C29H30N8O3/c1-3-32-26(27-35-24-16-31-15-23(25(24)36-27)29(39)37-6-8-40-9-7-37)22-11-20(13-33-17(22)2)19-10-21(14-30-12-19)34-28(38)18-4-5-18/h10-16,18H,3-9H2,1-2H3,(H,34,38)(H,35,36)/b32-26+. The molecule has 11 heteroatoms. The summed E-state index contributed by atoms with van der Waals surface area (Å²) in [5.41, 5.74) is 6.19. The molecule has 1 saturated carbocycles. The van der Waals surface area contributed by atoms with Crippen molar-refractivity contribution in [2.45, 2.75) is 26.7 Å². The molecule has 5 heterocycles. The highest BCUT2D eigenvalue weighted by Gasteiger charge is 2.29. The topological polar surface area (TPSA) is 138 Å². The summed E-state index contributed by atoms with van der Waals surface area (Å²) in [4.78, 5) is 53.5. The first kappa shape index (κ1) is 25.8. The fraction of sp³-hybridized carbons (Fsp3) is 0.345. The van der Waals surface area contributed by atoms with Crippen LogP contribution in [0.3, 0.4) is 0 Å². The lowest BCUT2D eigenvalue weighted by atomic mass is 10.0. The van der Waals surface area contributed by atoms with E-state index in [1.165, 1.54) is 0 Å². The number of morpholine rings is 1. The molecule has 0 bridgehead atoms. The zero-order valence-electron chi connectivity index (χ0n) is 22.5. The van der Waals surface area contributed by atoms with E-state index in [2.05, 4.69) is 25.3 Å². The van der Waals surface area contributed by atoms with Crippen LogP contribution in [0, 0.1) is 12.8 Å². The Labute approximate surface area is 231 Å². The molecule has 0 aromatic carbocycles. The number of carbonyl (C=O) groups excluding carboxylic acids is 2. The molecule has 6 rings (SSSR count). The third-order valence-corrected chi connectivity index (χ3v) is 7.09. The molecule has 0 unspecified atom stereocenters. The minimum Gasteiger partial charge on any atom is -0.378 e. The Morgan fingerprint density at radius 1 is 1.05 bits per heavy atom. The van der Waals surface area contributed by atoms with Crippen LogP contribution in [0.4, 0.5) is 5.69 Å². The molecule has 2 aliphatic rings. The average molecular weight is 539 g/mol. The molecule has 1 saturated heterocycles. The van der Waals surface area contributed by atoms with Crippen LogP contribution in [-0.2, 0) is 9.53 Å². The van der Waals surface area contributed by atoms with Gasteiger partial charge in [0.05, 0.1) is 42.4 Å². The van der Waals surface area contributed by atoms with Gasteiger partial charge in [0.2, 0.25) is 5.91 Å². The molecule has 0 radical (unpaired) electrons. The van der Waals surface area contributed by atoms with Crippen molar-refractivity contribution in [3.05, 3.63) is 65.8 Å². The van der Waals surface area contributed by atoms with Gasteiger partial charge < -0.3 is 19.9 Å². The normalized spacial score (nSPS) is 15.8. The molecular formula is C29H30N8O3. The number of anilines is 1. The van der Waals surface area contributed by atoms with Gasteiger partial charge in [0, 0.05) is 66.5 Å². The second-order valence-electron chi connectivity index (χ2n) is 9.98. The number of pyridine rings is 3. The SMILES string of the molecule is CC/N=C(/c1nc2c(C(=O)N3CCOCC3)cncc2[nH]1)c1cc(-c2cncc(NC(=O)C3CC3)c2)cnc1C. The van der Waals surface area contributed by atoms with E-state index in [0.717, 1.165) is 35.2 Å². The van der Waals surface area contributed by atoms with Crippen LogP contribution in [0.1, 0.15) is 47.2 Å². The van der Waals surface area contributed by atoms with Crippen LogP contribution in [0.2, 0.25) is 0 Å². The van der Waals surface area contributed by atoms with Gasteiger partial charge in [0.1, 0.15) is 11.2 Å². The molecule has 0 spiro atoms. The molecule has 2 amide bonds. The molecule has 40 heavy (non-hydrogen) atoms. The molecule has 1 aliphatic carbocycles. The number of nitrogens with one attached hydrogen (secondary N) is 2. The van der Waals surface area contributed by atoms with E-state index in [4.69, 9.17) is 14.7 Å². The molecular weight excluding hydrogens is 508 g/mol. The highest BCUT2D eigenvalue weighted by Crippen LogP contribution is 2.31. The van der Waals surface area contributed by atoms with Gasteiger partial charge >= 0.3 is 0 Å². The van der Waals surface area contributed by atoms with Crippen LogP contribution in [0.15, 0.2) is 48.1 Å². The van der Waals surface area contributed by atoms with Crippen molar-refractivity contribution < 1.29 is 14.3 Å². The van der Waals surface area contributed by atoms with Gasteiger partial charge in [-0.1, -0.05) is 0 Å². The van der Waals surface area contributed by atoms with Crippen LogP contribution in [0.5, 0.6) is 0 Å². The highest BCUT2D eigenvalue weighted by atomic mass is 16.5. The van der Waals surface area contributed by atoms with Crippen molar-refractivity contribution in [1.29, 1.82) is 0 Å².